The molecule has 96 valence electrons. The van der Waals surface area contributed by atoms with Crippen molar-refractivity contribution in [1.29, 1.82) is 0 Å². The van der Waals surface area contributed by atoms with E-state index in [1.54, 1.807) is 0 Å². The molecule has 2 aliphatic rings. The largest absolute Gasteiger partial charge is 0.369 e. The highest BCUT2D eigenvalue weighted by molar-refractivity contribution is 5.82. The first-order valence-corrected chi connectivity index (χ1v) is 6.13. The Kier molecular flexibility index (Phi) is 3.63. The molecule has 1 saturated heterocycles. The predicted molar refractivity (Wildman–Crippen MR) is 62.9 cm³/mol. The van der Waals surface area contributed by atoms with Crippen LogP contribution in [0.15, 0.2) is 0 Å². The Morgan fingerprint density at radius 3 is 2.47 bits per heavy atom. The Hall–Kier alpha value is -1.14. The number of nitrogens with two attached hydrogens (primary N) is 2. The number of hydrogen-bond donors (Lipinski definition) is 2. The van der Waals surface area contributed by atoms with E-state index in [0.29, 0.717) is 6.54 Å². The van der Waals surface area contributed by atoms with Crippen molar-refractivity contribution in [2.45, 2.75) is 18.9 Å². The van der Waals surface area contributed by atoms with Gasteiger partial charge in [-0.1, -0.05) is 0 Å². The molecule has 6 heteroatoms. The fourth-order valence-corrected chi connectivity index (χ4v) is 2.30. The van der Waals surface area contributed by atoms with Crippen LogP contribution in [0.2, 0.25) is 0 Å². The Morgan fingerprint density at radius 2 is 1.88 bits per heavy atom. The van der Waals surface area contributed by atoms with Gasteiger partial charge in [-0.05, 0) is 12.8 Å². The van der Waals surface area contributed by atoms with E-state index in [1.165, 1.54) is 0 Å². The lowest BCUT2D eigenvalue weighted by molar-refractivity contribution is -0.132. The molecule has 17 heavy (non-hydrogen) atoms. The van der Waals surface area contributed by atoms with Crippen LogP contribution in [-0.2, 0) is 9.59 Å². The minimum absolute atomic E-state index is 0.0395. The first-order chi connectivity index (χ1) is 8.08. The van der Waals surface area contributed by atoms with Crippen molar-refractivity contribution in [3.8, 4) is 0 Å². The third kappa shape index (κ3) is 3.17. The van der Waals surface area contributed by atoms with Gasteiger partial charge in [0.15, 0.2) is 0 Å². The van der Waals surface area contributed by atoms with Crippen LogP contribution in [0.25, 0.3) is 0 Å². The van der Waals surface area contributed by atoms with E-state index in [0.717, 1.165) is 32.5 Å². The molecule has 1 aliphatic heterocycles. The van der Waals surface area contributed by atoms with Crippen molar-refractivity contribution in [3.05, 3.63) is 0 Å². The van der Waals surface area contributed by atoms with Crippen molar-refractivity contribution in [3.63, 3.8) is 0 Å². The summed E-state index contributed by atoms with van der Waals surface area (Å²) in [7, 11) is 0. The van der Waals surface area contributed by atoms with Crippen LogP contribution in [0.4, 0.5) is 0 Å². The number of carbonyl (C=O) groups excluding carboxylic acids is 2. The van der Waals surface area contributed by atoms with Gasteiger partial charge >= 0.3 is 0 Å². The third-order valence-corrected chi connectivity index (χ3v) is 3.44. The maximum atomic E-state index is 12.0. The molecule has 4 N–H and O–H groups in total. The molecule has 2 amide bonds. The standard InChI is InChI=1S/C11H20N4O2/c12-9-6-8(9)11(17)15-3-1-2-14(4-5-15)7-10(13)16/h8-9H,1-7,12H2,(H2,13,16). The van der Waals surface area contributed by atoms with Gasteiger partial charge < -0.3 is 16.4 Å². The quantitative estimate of drug-likeness (QED) is 0.618. The molecule has 2 fully saturated rings. The van der Waals surface area contributed by atoms with Gasteiger partial charge in [0, 0.05) is 32.2 Å². The molecule has 1 aliphatic carbocycles. The molecule has 0 aromatic heterocycles. The van der Waals surface area contributed by atoms with Crippen LogP contribution in [-0.4, -0.2) is 60.4 Å². The highest BCUT2D eigenvalue weighted by atomic mass is 16.2. The number of rotatable bonds is 3. The Morgan fingerprint density at radius 1 is 1.18 bits per heavy atom. The molecule has 0 spiro atoms. The molecule has 2 atom stereocenters. The molecule has 6 nitrogen and oxygen atoms in total. The van der Waals surface area contributed by atoms with Gasteiger partial charge in [-0.2, -0.15) is 0 Å². The first-order valence-electron chi connectivity index (χ1n) is 6.13. The molecule has 2 rings (SSSR count). The summed E-state index contributed by atoms with van der Waals surface area (Å²) in [6.07, 6.45) is 1.71. The van der Waals surface area contributed by atoms with Crippen LogP contribution in [0.3, 0.4) is 0 Å². The van der Waals surface area contributed by atoms with Crippen LogP contribution < -0.4 is 11.5 Å². The van der Waals surface area contributed by atoms with Gasteiger partial charge in [0.1, 0.15) is 0 Å². The lowest BCUT2D eigenvalue weighted by Crippen LogP contribution is -2.39. The fourth-order valence-electron chi connectivity index (χ4n) is 2.30. The van der Waals surface area contributed by atoms with Crippen LogP contribution in [0, 0.1) is 5.92 Å². The number of nitrogens with zero attached hydrogens (tertiary/aromatic N) is 2. The molecular formula is C11H20N4O2. The molecule has 1 heterocycles. The molecule has 0 aromatic rings. The topological polar surface area (TPSA) is 92.7 Å². The number of hydrogen-bond acceptors (Lipinski definition) is 4. The van der Waals surface area contributed by atoms with Crippen molar-refractivity contribution in [2.75, 3.05) is 32.7 Å². The van der Waals surface area contributed by atoms with Crippen molar-refractivity contribution in [1.82, 2.24) is 9.80 Å². The average Bonchev–Trinajstić information content (AvgIpc) is 3.00. The summed E-state index contributed by atoms with van der Waals surface area (Å²) in [5.74, 6) is -0.0925. The Bertz CT molecular complexity index is 321. The second-order valence-electron chi connectivity index (χ2n) is 4.93. The van der Waals surface area contributed by atoms with Crippen LogP contribution >= 0.6 is 0 Å². The number of primary amides is 1. The summed E-state index contributed by atoms with van der Waals surface area (Å²) in [5, 5.41) is 0. The summed E-state index contributed by atoms with van der Waals surface area (Å²) in [6, 6.07) is 0.0625. The number of carbonyl (C=O) groups is 2. The summed E-state index contributed by atoms with van der Waals surface area (Å²) < 4.78 is 0. The van der Waals surface area contributed by atoms with Crippen LogP contribution in [0.1, 0.15) is 12.8 Å². The van der Waals surface area contributed by atoms with Gasteiger partial charge in [-0.3, -0.25) is 14.5 Å². The van der Waals surface area contributed by atoms with Gasteiger partial charge in [0.25, 0.3) is 0 Å². The van der Waals surface area contributed by atoms with Crippen LogP contribution in [0.5, 0.6) is 0 Å². The highest BCUT2D eigenvalue weighted by Gasteiger charge is 2.42. The van der Waals surface area contributed by atoms with Gasteiger partial charge in [-0.25, -0.2) is 0 Å². The molecule has 2 unspecified atom stereocenters. The first kappa shape index (κ1) is 12.3. The average molecular weight is 240 g/mol. The third-order valence-electron chi connectivity index (χ3n) is 3.44. The van der Waals surface area contributed by atoms with Gasteiger partial charge in [0.2, 0.25) is 11.8 Å². The van der Waals surface area contributed by atoms with E-state index in [-0.39, 0.29) is 30.3 Å². The minimum atomic E-state index is -0.311. The second kappa shape index (κ2) is 5.01. The monoisotopic (exact) mass is 240 g/mol. The smallest absolute Gasteiger partial charge is 0.231 e. The van der Waals surface area contributed by atoms with Crippen molar-refractivity contribution in [2.24, 2.45) is 17.4 Å². The van der Waals surface area contributed by atoms with E-state index >= 15 is 0 Å². The lowest BCUT2D eigenvalue weighted by Gasteiger charge is -2.21. The zero-order valence-electron chi connectivity index (χ0n) is 9.97. The molecule has 0 aromatic carbocycles. The summed E-state index contributed by atoms with van der Waals surface area (Å²) >= 11 is 0. The predicted octanol–water partition coefficient (Wildman–Crippen LogP) is -1.65. The van der Waals surface area contributed by atoms with E-state index in [2.05, 4.69) is 0 Å². The van der Waals surface area contributed by atoms with E-state index < -0.39 is 0 Å². The molecule has 0 radical (unpaired) electrons. The fraction of sp³-hybridized carbons (Fsp3) is 0.818. The van der Waals surface area contributed by atoms with Crippen molar-refractivity contribution < 1.29 is 9.59 Å². The zero-order valence-corrected chi connectivity index (χ0v) is 9.97. The van der Waals surface area contributed by atoms with Gasteiger partial charge in [0.05, 0.1) is 12.5 Å². The Labute approximate surface area is 101 Å². The van der Waals surface area contributed by atoms with E-state index in [4.69, 9.17) is 11.5 Å². The second-order valence-corrected chi connectivity index (χ2v) is 4.93. The molecule has 0 bridgehead atoms. The summed E-state index contributed by atoms with van der Waals surface area (Å²) in [5.41, 5.74) is 10.9. The van der Waals surface area contributed by atoms with Crippen molar-refractivity contribution >= 4 is 11.8 Å². The highest BCUT2D eigenvalue weighted by Crippen LogP contribution is 2.30. The SMILES string of the molecule is NC(=O)CN1CCCN(C(=O)C2CC2N)CC1. The minimum Gasteiger partial charge on any atom is -0.369 e. The number of amides is 2. The lowest BCUT2D eigenvalue weighted by atomic mass is 10.3. The summed E-state index contributed by atoms with van der Waals surface area (Å²) in [6.45, 7) is 3.26. The normalized spacial score (nSPS) is 29.8. The molecule has 1 saturated carbocycles. The van der Waals surface area contributed by atoms with E-state index in [9.17, 15) is 9.59 Å². The molecular weight excluding hydrogens is 220 g/mol. The summed E-state index contributed by atoms with van der Waals surface area (Å²) in [4.78, 5) is 26.7. The maximum Gasteiger partial charge on any atom is 0.231 e. The Balaban J connectivity index is 1.83. The van der Waals surface area contributed by atoms with Gasteiger partial charge in [-0.15, -0.1) is 0 Å². The maximum absolute atomic E-state index is 12.0. The zero-order chi connectivity index (χ0) is 12.4. The van der Waals surface area contributed by atoms with E-state index in [1.807, 2.05) is 9.80 Å².